The molecule has 14 heavy (non-hydrogen) atoms. The summed E-state index contributed by atoms with van der Waals surface area (Å²) in [4.78, 5) is 11.6. The summed E-state index contributed by atoms with van der Waals surface area (Å²) in [5.74, 6) is 1.83. The summed E-state index contributed by atoms with van der Waals surface area (Å²) >= 11 is 7.19. The number of thioether (sulfide) groups is 1. The lowest BCUT2D eigenvalue weighted by Gasteiger charge is -2.03. The quantitative estimate of drug-likeness (QED) is 0.807. The van der Waals surface area contributed by atoms with Gasteiger partial charge in [-0.15, -0.1) is 0 Å². The number of rotatable bonds is 4. The van der Waals surface area contributed by atoms with Crippen molar-refractivity contribution < 1.29 is 0 Å². The fourth-order valence-corrected chi connectivity index (χ4v) is 2.09. The maximum absolute atomic E-state index is 5.64. The third-order valence-electron chi connectivity index (χ3n) is 1.53. The van der Waals surface area contributed by atoms with Crippen LogP contribution in [0.15, 0.2) is 5.16 Å². The summed E-state index contributed by atoms with van der Waals surface area (Å²) in [7, 11) is 0. The Kier molecular flexibility index (Phi) is 4.41. The van der Waals surface area contributed by atoms with Crippen LogP contribution in [0.4, 0.5) is 5.95 Å². The summed E-state index contributed by atoms with van der Waals surface area (Å²) in [5.41, 5.74) is 5.43. The Labute approximate surface area is 92.7 Å². The van der Waals surface area contributed by atoms with Crippen molar-refractivity contribution >= 4 is 29.3 Å². The molecule has 0 aliphatic carbocycles. The SMILES string of the molecule is CC(C)CCSc1nc(N)nc(Cl)n1. The lowest BCUT2D eigenvalue weighted by Crippen LogP contribution is -2.00. The van der Waals surface area contributed by atoms with Crippen LogP contribution in [-0.4, -0.2) is 20.7 Å². The van der Waals surface area contributed by atoms with E-state index in [1.807, 2.05) is 0 Å². The van der Waals surface area contributed by atoms with Gasteiger partial charge in [-0.1, -0.05) is 25.6 Å². The molecule has 0 aliphatic heterocycles. The molecule has 0 unspecified atom stereocenters. The molecule has 0 atom stereocenters. The molecular weight excluding hydrogens is 220 g/mol. The van der Waals surface area contributed by atoms with E-state index in [-0.39, 0.29) is 11.2 Å². The first-order valence-corrected chi connectivity index (χ1v) is 5.74. The average molecular weight is 233 g/mol. The van der Waals surface area contributed by atoms with Gasteiger partial charge in [-0.05, 0) is 23.9 Å². The molecule has 0 aliphatic rings. The lowest BCUT2D eigenvalue weighted by molar-refractivity contribution is 0.631. The Morgan fingerprint density at radius 1 is 1.36 bits per heavy atom. The minimum Gasteiger partial charge on any atom is -0.368 e. The minimum absolute atomic E-state index is 0.157. The standard InChI is InChI=1S/C8H13ClN4S/c1-5(2)3-4-14-8-12-6(9)11-7(10)13-8/h5H,3-4H2,1-2H3,(H2,10,11,12,13). The van der Waals surface area contributed by atoms with Crippen LogP contribution in [0.5, 0.6) is 0 Å². The first-order chi connectivity index (χ1) is 6.58. The molecule has 0 spiro atoms. The molecule has 0 fully saturated rings. The largest absolute Gasteiger partial charge is 0.368 e. The maximum atomic E-state index is 5.64. The fraction of sp³-hybridized carbons (Fsp3) is 0.625. The Morgan fingerprint density at radius 2 is 2.07 bits per heavy atom. The van der Waals surface area contributed by atoms with Gasteiger partial charge in [0.05, 0.1) is 0 Å². The summed E-state index contributed by atoms with van der Waals surface area (Å²) in [6.45, 7) is 4.35. The molecule has 0 saturated carbocycles. The molecule has 1 aromatic rings. The van der Waals surface area contributed by atoms with Crippen LogP contribution >= 0.6 is 23.4 Å². The van der Waals surface area contributed by atoms with Gasteiger partial charge < -0.3 is 5.73 Å². The highest BCUT2D eigenvalue weighted by molar-refractivity contribution is 7.99. The van der Waals surface area contributed by atoms with Gasteiger partial charge in [0.1, 0.15) is 0 Å². The average Bonchev–Trinajstić information content (AvgIpc) is 2.01. The molecule has 6 heteroatoms. The summed E-state index contributed by atoms with van der Waals surface area (Å²) in [6, 6.07) is 0. The Morgan fingerprint density at radius 3 is 2.64 bits per heavy atom. The first kappa shape index (κ1) is 11.5. The normalized spacial score (nSPS) is 10.9. The summed E-state index contributed by atoms with van der Waals surface area (Å²) in [5, 5.41) is 0.757. The van der Waals surface area contributed by atoms with Crippen LogP contribution in [0.25, 0.3) is 0 Å². The van der Waals surface area contributed by atoms with Crippen LogP contribution < -0.4 is 5.73 Å². The zero-order valence-electron chi connectivity index (χ0n) is 8.20. The molecule has 0 aromatic carbocycles. The first-order valence-electron chi connectivity index (χ1n) is 4.38. The van der Waals surface area contributed by atoms with Crippen LogP contribution in [0.1, 0.15) is 20.3 Å². The number of nitrogens with zero attached hydrogens (tertiary/aromatic N) is 3. The number of anilines is 1. The molecule has 4 nitrogen and oxygen atoms in total. The van der Waals surface area contributed by atoms with E-state index in [9.17, 15) is 0 Å². The molecule has 78 valence electrons. The highest BCUT2D eigenvalue weighted by Crippen LogP contribution is 2.18. The van der Waals surface area contributed by atoms with Gasteiger partial charge in [-0.2, -0.15) is 15.0 Å². The van der Waals surface area contributed by atoms with E-state index in [0.717, 1.165) is 12.2 Å². The van der Waals surface area contributed by atoms with Gasteiger partial charge in [-0.25, -0.2) is 0 Å². The zero-order chi connectivity index (χ0) is 10.6. The second-order valence-electron chi connectivity index (χ2n) is 3.28. The Hall–Kier alpha value is -0.550. The van der Waals surface area contributed by atoms with E-state index in [1.165, 1.54) is 0 Å². The highest BCUT2D eigenvalue weighted by Gasteiger charge is 2.03. The third kappa shape index (κ3) is 4.11. The monoisotopic (exact) mass is 232 g/mol. The van der Waals surface area contributed by atoms with Crippen molar-refractivity contribution in [2.45, 2.75) is 25.4 Å². The van der Waals surface area contributed by atoms with Crippen LogP contribution in [-0.2, 0) is 0 Å². The molecule has 2 N–H and O–H groups in total. The number of halogens is 1. The predicted molar refractivity (Wildman–Crippen MR) is 59.4 cm³/mol. The molecule has 0 amide bonds. The second-order valence-corrected chi connectivity index (χ2v) is 4.68. The van der Waals surface area contributed by atoms with E-state index in [2.05, 4.69) is 28.8 Å². The van der Waals surface area contributed by atoms with E-state index in [0.29, 0.717) is 11.1 Å². The topological polar surface area (TPSA) is 64.7 Å². The molecule has 1 rings (SSSR count). The van der Waals surface area contributed by atoms with Crippen molar-refractivity contribution in [3.05, 3.63) is 5.28 Å². The molecular formula is C8H13ClN4S. The van der Waals surface area contributed by atoms with E-state index in [1.54, 1.807) is 11.8 Å². The van der Waals surface area contributed by atoms with E-state index in [4.69, 9.17) is 17.3 Å². The highest BCUT2D eigenvalue weighted by atomic mass is 35.5. The van der Waals surface area contributed by atoms with Gasteiger partial charge >= 0.3 is 0 Å². The molecule has 1 heterocycles. The lowest BCUT2D eigenvalue weighted by atomic mass is 10.2. The smallest absolute Gasteiger partial charge is 0.228 e. The van der Waals surface area contributed by atoms with Gasteiger partial charge in [0.25, 0.3) is 0 Å². The van der Waals surface area contributed by atoms with Crippen molar-refractivity contribution in [2.75, 3.05) is 11.5 Å². The predicted octanol–water partition coefficient (Wildman–Crippen LogP) is 2.25. The van der Waals surface area contributed by atoms with E-state index < -0.39 is 0 Å². The molecule has 0 saturated heterocycles. The van der Waals surface area contributed by atoms with Crippen LogP contribution in [0.2, 0.25) is 5.28 Å². The zero-order valence-corrected chi connectivity index (χ0v) is 9.77. The molecule has 0 bridgehead atoms. The Balaban J connectivity index is 2.50. The third-order valence-corrected chi connectivity index (χ3v) is 2.58. The number of hydrogen-bond donors (Lipinski definition) is 1. The summed E-state index contributed by atoms with van der Waals surface area (Å²) in [6.07, 6.45) is 1.12. The second kappa shape index (κ2) is 5.36. The van der Waals surface area contributed by atoms with Gasteiger partial charge in [0.15, 0.2) is 5.16 Å². The van der Waals surface area contributed by atoms with Crippen molar-refractivity contribution in [2.24, 2.45) is 5.92 Å². The number of aromatic nitrogens is 3. The van der Waals surface area contributed by atoms with Crippen molar-refractivity contribution in [3.8, 4) is 0 Å². The number of hydrogen-bond acceptors (Lipinski definition) is 5. The number of nitrogens with two attached hydrogens (primary N) is 1. The minimum atomic E-state index is 0.157. The van der Waals surface area contributed by atoms with E-state index >= 15 is 0 Å². The fourth-order valence-electron chi connectivity index (χ4n) is 0.797. The molecule has 1 aromatic heterocycles. The molecule has 0 radical (unpaired) electrons. The van der Waals surface area contributed by atoms with Crippen molar-refractivity contribution in [3.63, 3.8) is 0 Å². The van der Waals surface area contributed by atoms with Crippen LogP contribution in [0.3, 0.4) is 0 Å². The maximum Gasteiger partial charge on any atom is 0.228 e. The Bertz CT molecular complexity index is 285. The summed E-state index contributed by atoms with van der Waals surface area (Å²) < 4.78 is 0. The van der Waals surface area contributed by atoms with Gasteiger partial charge in [-0.3, -0.25) is 0 Å². The van der Waals surface area contributed by atoms with Crippen LogP contribution in [0, 0.1) is 5.92 Å². The van der Waals surface area contributed by atoms with Gasteiger partial charge in [0.2, 0.25) is 11.2 Å². The number of nitrogen functional groups attached to an aromatic ring is 1. The van der Waals surface area contributed by atoms with Crippen molar-refractivity contribution in [1.29, 1.82) is 0 Å². The van der Waals surface area contributed by atoms with Gasteiger partial charge in [0, 0.05) is 5.75 Å². The van der Waals surface area contributed by atoms with Crippen molar-refractivity contribution in [1.82, 2.24) is 15.0 Å².